The highest BCUT2D eigenvalue weighted by molar-refractivity contribution is 5.94. The number of benzene rings is 2. The number of nitrogens with one attached hydrogen (secondary N) is 2. The van der Waals surface area contributed by atoms with E-state index in [1.807, 2.05) is 12.1 Å². The van der Waals surface area contributed by atoms with Crippen LogP contribution in [0.5, 0.6) is 0 Å². The number of anilines is 1. The third kappa shape index (κ3) is 3.26. The fourth-order valence-corrected chi connectivity index (χ4v) is 2.32. The predicted molar refractivity (Wildman–Crippen MR) is 86.7 cm³/mol. The van der Waals surface area contributed by atoms with Crippen LogP contribution in [0, 0.1) is 5.82 Å². The van der Waals surface area contributed by atoms with E-state index in [1.54, 1.807) is 25.2 Å². The lowest BCUT2D eigenvalue weighted by atomic mass is 10.1. The molecule has 2 N–H and O–H groups in total. The molecule has 3 rings (SSSR count). The third-order valence-corrected chi connectivity index (χ3v) is 3.47. The van der Waals surface area contributed by atoms with Crippen molar-refractivity contribution in [3.05, 3.63) is 65.7 Å². The van der Waals surface area contributed by atoms with Gasteiger partial charge in [0.1, 0.15) is 18.0 Å². The molecule has 5 nitrogen and oxygen atoms in total. The monoisotopic (exact) mass is 310 g/mol. The van der Waals surface area contributed by atoms with Gasteiger partial charge in [-0.1, -0.05) is 12.1 Å². The SMILES string of the molecule is CNC(=O)c1cccc(CNc2ncnc3ccc(F)cc23)c1. The van der Waals surface area contributed by atoms with E-state index in [9.17, 15) is 9.18 Å². The number of fused-ring (bicyclic) bond motifs is 1. The molecule has 0 spiro atoms. The Labute approximate surface area is 132 Å². The van der Waals surface area contributed by atoms with E-state index < -0.39 is 0 Å². The maximum atomic E-state index is 13.4. The van der Waals surface area contributed by atoms with Crippen molar-refractivity contribution in [3.63, 3.8) is 0 Å². The van der Waals surface area contributed by atoms with Gasteiger partial charge in [-0.2, -0.15) is 0 Å². The van der Waals surface area contributed by atoms with Gasteiger partial charge in [0.15, 0.2) is 0 Å². The van der Waals surface area contributed by atoms with Crippen molar-refractivity contribution < 1.29 is 9.18 Å². The van der Waals surface area contributed by atoms with Gasteiger partial charge in [-0.3, -0.25) is 4.79 Å². The molecule has 0 saturated carbocycles. The van der Waals surface area contributed by atoms with Gasteiger partial charge in [0.25, 0.3) is 5.91 Å². The van der Waals surface area contributed by atoms with Crippen molar-refractivity contribution >= 4 is 22.6 Å². The number of carbonyl (C=O) groups excluding carboxylic acids is 1. The van der Waals surface area contributed by atoms with E-state index in [0.717, 1.165) is 5.56 Å². The predicted octanol–water partition coefficient (Wildman–Crippen LogP) is 2.74. The lowest BCUT2D eigenvalue weighted by Crippen LogP contribution is -2.18. The van der Waals surface area contributed by atoms with E-state index in [0.29, 0.717) is 28.8 Å². The van der Waals surface area contributed by atoms with Crippen LogP contribution < -0.4 is 10.6 Å². The average Bonchev–Trinajstić information content (AvgIpc) is 2.59. The highest BCUT2D eigenvalue weighted by Gasteiger charge is 2.06. The van der Waals surface area contributed by atoms with Crippen molar-refractivity contribution in [1.29, 1.82) is 0 Å². The molecule has 23 heavy (non-hydrogen) atoms. The zero-order valence-corrected chi connectivity index (χ0v) is 12.5. The maximum Gasteiger partial charge on any atom is 0.251 e. The lowest BCUT2D eigenvalue weighted by molar-refractivity contribution is 0.0963. The Kier molecular flexibility index (Phi) is 4.14. The molecule has 0 bridgehead atoms. The Bertz CT molecular complexity index is 866. The molecule has 0 unspecified atom stereocenters. The summed E-state index contributed by atoms with van der Waals surface area (Å²) < 4.78 is 13.4. The minimum Gasteiger partial charge on any atom is -0.365 e. The fourth-order valence-electron chi connectivity index (χ4n) is 2.32. The summed E-state index contributed by atoms with van der Waals surface area (Å²) in [4.78, 5) is 19.9. The summed E-state index contributed by atoms with van der Waals surface area (Å²) in [6, 6.07) is 11.7. The van der Waals surface area contributed by atoms with Gasteiger partial charge in [0.05, 0.1) is 5.52 Å². The summed E-state index contributed by atoms with van der Waals surface area (Å²) in [5.41, 5.74) is 2.18. The van der Waals surface area contributed by atoms with E-state index in [-0.39, 0.29) is 11.7 Å². The number of carbonyl (C=O) groups is 1. The van der Waals surface area contributed by atoms with Gasteiger partial charge < -0.3 is 10.6 Å². The van der Waals surface area contributed by atoms with Crippen molar-refractivity contribution in [1.82, 2.24) is 15.3 Å². The molecule has 0 atom stereocenters. The number of halogens is 1. The van der Waals surface area contributed by atoms with Crippen molar-refractivity contribution in [2.45, 2.75) is 6.54 Å². The van der Waals surface area contributed by atoms with E-state index in [1.165, 1.54) is 18.5 Å². The highest BCUT2D eigenvalue weighted by Crippen LogP contribution is 2.20. The third-order valence-electron chi connectivity index (χ3n) is 3.47. The van der Waals surface area contributed by atoms with Gasteiger partial charge in [-0.25, -0.2) is 14.4 Å². The fraction of sp³-hybridized carbons (Fsp3) is 0.118. The van der Waals surface area contributed by atoms with Gasteiger partial charge in [0.2, 0.25) is 0 Å². The Morgan fingerprint density at radius 3 is 2.87 bits per heavy atom. The smallest absolute Gasteiger partial charge is 0.251 e. The molecule has 1 heterocycles. The number of aromatic nitrogens is 2. The first-order chi connectivity index (χ1) is 11.2. The van der Waals surface area contributed by atoms with Crippen molar-refractivity contribution in [2.75, 3.05) is 12.4 Å². The minimum absolute atomic E-state index is 0.138. The molecule has 0 aliphatic rings. The number of hydrogen-bond donors (Lipinski definition) is 2. The van der Waals surface area contributed by atoms with E-state index in [2.05, 4.69) is 20.6 Å². The molecule has 1 aromatic heterocycles. The summed E-state index contributed by atoms with van der Waals surface area (Å²) in [6.45, 7) is 0.466. The van der Waals surface area contributed by atoms with Crippen LogP contribution in [-0.4, -0.2) is 22.9 Å². The van der Waals surface area contributed by atoms with Gasteiger partial charge in [0, 0.05) is 24.5 Å². The second-order valence-corrected chi connectivity index (χ2v) is 5.02. The first kappa shape index (κ1) is 14.9. The van der Waals surface area contributed by atoms with Crippen LogP contribution in [0.25, 0.3) is 10.9 Å². The molecule has 1 amide bonds. The molecule has 116 valence electrons. The molecule has 3 aromatic rings. The standard InChI is InChI=1S/C17H15FN4O/c1-19-17(23)12-4-2-3-11(7-12)9-20-16-14-8-13(18)5-6-15(14)21-10-22-16/h2-8,10H,9H2,1H3,(H,19,23)(H,20,21,22). The second-order valence-electron chi connectivity index (χ2n) is 5.02. The molecule has 0 aliphatic heterocycles. The lowest BCUT2D eigenvalue weighted by Gasteiger charge is -2.09. The summed E-state index contributed by atoms with van der Waals surface area (Å²) in [7, 11) is 1.59. The Morgan fingerprint density at radius 1 is 1.17 bits per heavy atom. The quantitative estimate of drug-likeness (QED) is 0.777. The summed E-state index contributed by atoms with van der Waals surface area (Å²) in [5, 5.41) is 6.38. The molecular weight excluding hydrogens is 295 g/mol. The molecule has 2 aromatic carbocycles. The van der Waals surface area contributed by atoms with Crippen LogP contribution in [0.4, 0.5) is 10.2 Å². The van der Waals surface area contributed by atoms with Crippen molar-refractivity contribution in [2.24, 2.45) is 0 Å². The summed E-state index contributed by atoms with van der Waals surface area (Å²) in [5.74, 6) is 0.0817. The number of hydrogen-bond acceptors (Lipinski definition) is 4. The normalized spacial score (nSPS) is 10.5. The van der Waals surface area contributed by atoms with Gasteiger partial charge in [-0.05, 0) is 35.9 Å². The molecule has 6 heteroatoms. The van der Waals surface area contributed by atoms with Crippen LogP contribution >= 0.6 is 0 Å². The van der Waals surface area contributed by atoms with Crippen LogP contribution in [0.15, 0.2) is 48.8 Å². The molecule has 0 fully saturated rings. The average molecular weight is 310 g/mol. The first-order valence-electron chi connectivity index (χ1n) is 7.12. The van der Waals surface area contributed by atoms with Crippen LogP contribution in [0.3, 0.4) is 0 Å². The molecular formula is C17H15FN4O. The van der Waals surface area contributed by atoms with Crippen molar-refractivity contribution in [3.8, 4) is 0 Å². The Hall–Kier alpha value is -3.02. The Morgan fingerprint density at radius 2 is 2.04 bits per heavy atom. The highest BCUT2D eigenvalue weighted by atomic mass is 19.1. The van der Waals surface area contributed by atoms with Crippen LogP contribution in [0.1, 0.15) is 15.9 Å². The zero-order valence-electron chi connectivity index (χ0n) is 12.5. The number of rotatable bonds is 4. The second kappa shape index (κ2) is 6.39. The molecule has 0 saturated heterocycles. The van der Waals surface area contributed by atoms with Gasteiger partial charge in [-0.15, -0.1) is 0 Å². The number of nitrogens with zero attached hydrogens (tertiary/aromatic N) is 2. The largest absolute Gasteiger partial charge is 0.365 e. The van der Waals surface area contributed by atoms with Gasteiger partial charge >= 0.3 is 0 Å². The first-order valence-corrected chi connectivity index (χ1v) is 7.12. The maximum absolute atomic E-state index is 13.4. The summed E-state index contributed by atoms with van der Waals surface area (Å²) in [6.07, 6.45) is 1.43. The van der Waals surface area contributed by atoms with Crippen LogP contribution in [-0.2, 0) is 6.54 Å². The topological polar surface area (TPSA) is 66.9 Å². The van der Waals surface area contributed by atoms with E-state index in [4.69, 9.17) is 0 Å². The molecule has 0 radical (unpaired) electrons. The number of amides is 1. The minimum atomic E-state index is -0.336. The Balaban J connectivity index is 1.84. The van der Waals surface area contributed by atoms with E-state index >= 15 is 0 Å². The summed E-state index contributed by atoms with van der Waals surface area (Å²) >= 11 is 0. The molecule has 0 aliphatic carbocycles. The van der Waals surface area contributed by atoms with Crippen LogP contribution in [0.2, 0.25) is 0 Å². The zero-order chi connectivity index (χ0) is 16.2.